The first-order valence-corrected chi connectivity index (χ1v) is 3.71. The molecule has 0 aromatic rings. The zero-order chi connectivity index (χ0) is 7.56. The van der Waals surface area contributed by atoms with Gasteiger partial charge >= 0.3 is 0 Å². The van der Waals surface area contributed by atoms with Crippen LogP contribution < -0.4 is 5.32 Å². The van der Waals surface area contributed by atoms with Gasteiger partial charge in [-0.05, 0) is 14.0 Å². The molecule has 1 radical (unpaired) electrons. The third-order valence-electron chi connectivity index (χ3n) is 2.22. The van der Waals surface area contributed by atoms with Crippen molar-refractivity contribution in [2.45, 2.75) is 19.0 Å². The summed E-state index contributed by atoms with van der Waals surface area (Å²) in [6.45, 7) is 4.06. The van der Waals surface area contributed by atoms with Gasteiger partial charge in [0, 0.05) is 25.2 Å². The molecule has 1 N–H and O–H groups in total. The number of hydrogen-bond acceptors (Lipinski definition) is 2. The minimum atomic E-state index is 0.227. The summed E-state index contributed by atoms with van der Waals surface area (Å²) in [6.07, 6.45) is 0. The van der Waals surface area contributed by atoms with Crippen LogP contribution in [-0.4, -0.2) is 48.8 Å². The molecule has 0 amide bonds. The number of aliphatic hydroxyl groups is 1. The Morgan fingerprint density at radius 2 is 2.30 bits per heavy atom. The molecule has 0 aliphatic carbocycles. The van der Waals surface area contributed by atoms with Gasteiger partial charge in [-0.25, -0.2) is 5.32 Å². The number of piperazine rings is 1. The lowest BCUT2D eigenvalue weighted by Gasteiger charge is -2.36. The van der Waals surface area contributed by atoms with Crippen LogP contribution in [-0.2, 0) is 0 Å². The quantitative estimate of drug-likeness (QED) is 0.526. The van der Waals surface area contributed by atoms with Crippen LogP contribution in [0.5, 0.6) is 0 Å². The molecule has 0 saturated carbocycles. The van der Waals surface area contributed by atoms with Crippen molar-refractivity contribution in [3.8, 4) is 0 Å². The molecule has 1 aliphatic rings. The van der Waals surface area contributed by atoms with Crippen molar-refractivity contribution in [2.24, 2.45) is 0 Å². The van der Waals surface area contributed by atoms with Crippen LogP contribution in [0, 0.1) is 0 Å². The van der Waals surface area contributed by atoms with E-state index in [9.17, 15) is 0 Å². The molecule has 3 nitrogen and oxygen atoms in total. The van der Waals surface area contributed by atoms with Crippen molar-refractivity contribution >= 4 is 0 Å². The Kier molecular flexibility index (Phi) is 2.65. The van der Waals surface area contributed by atoms with Crippen LogP contribution in [0.25, 0.3) is 0 Å². The molecule has 2 unspecified atom stereocenters. The van der Waals surface area contributed by atoms with Gasteiger partial charge in [0.15, 0.2) is 0 Å². The van der Waals surface area contributed by atoms with Gasteiger partial charge in [0.2, 0.25) is 0 Å². The molecule has 10 heavy (non-hydrogen) atoms. The highest BCUT2D eigenvalue weighted by molar-refractivity contribution is 4.81. The van der Waals surface area contributed by atoms with E-state index in [1.807, 2.05) is 7.05 Å². The molecule has 1 heterocycles. The van der Waals surface area contributed by atoms with Gasteiger partial charge in [-0.3, -0.25) is 4.90 Å². The second-order valence-electron chi connectivity index (χ2n) is 2.94. The highest BCUT2D eigenvalue weighted by atomic mass is 16.3. The van der Waals surface area contributed by atoms with Gasteiger partial charge in [-0.1, -0.05) is 0 Å². The van der Waals surface area contributed by atoms with Crippen molar-refractivity contribution in [2.75, 3.05) is 26.7 Å². The second kappa shape index (κ2) is 3.32. The Balaban J connectivity index is 2.42. The molecular formula is C7H15N2O. The van der Waals surface area contributed by atoms with Gasteiger partial charge in [-0.15, -0.1) is 0 Å². The number of likely N-dealkylation sites (N-methyl/N-ethyl adjacent to an activating group) is 1. The van der Waals surface area contributed by atoms with E-state index in [0.717, 1.165) is 13.1 Å². The summed E-state index contributed by atoms with van der Waals surface area (Å²) in [7, 11) is 2.04. The summed E-state index contributed by atoms with van der Waals surface area (Å²) in [5.41, 5.74) is 0. The maximum absolute atomic E-state index is 8.88. The van der Waals surface area contributed by atoms with Crippen molar-refractivity contribution in [3.63, 3.8) is 0 Å². The van der Waals surface area contributed by atoms with Crippen LogP contribution in [0.3, 0.4) is 0 Å². The topological polar surface area (TPSA) is 37.6 Å². The largest absolute Gasteiger partial charge is 0.395 e. The predicted octanol–water partition coefficient (Wildman–Crippen LogP) is -0.714. The summed E-state index contributed by atoms with van der Waals surface area (Å²) < 4.78 is 0. The molecule has 0 aromatic carbocycles. The Morgan fingerprint density at radius 3 is 2.80 bits per heavy atom. The van der Waals surface area contributed by atoms with Gasteiger partial charge in [0.05, 0.1) is 6.61 Å². The lowest BCUT2D eigenvalue weighted by atomic mass is 10.1. The fraction of sp³-hybridized carbons (Fsp3) is 1.00. The Hall–Kier alpha value is -0.120. The molecule has 1 rings (SSSR count). The van der Waals surface area contributed by atoms with E-state index < -0.39 is 0 Å². The highest BCUT2D eigenvalue weighted by Gasteiger charge is 2.23. The van der Waals surface area contributed by atoms with E-state index in [1.165, 1.54) is 0 Å². The monoisotopic (exact) mass is 143 g/mol. The molecule has 0 spiro atoms. The lowest BCUT2D eigenvalue weighted by Crippen LogP contribution is -2.53. The number of aliphatic hydroxyl groups excluding tert-OH is 1. The van der Waals surface area contributed by atoms with E-state index >= 15 is 0 Å². The zero-order valence-electron chi connectivity index (χ0n) is 6.62. The minimum Gasteiger partial charge on any atom is -0.395 e. The fourth-order valence-corrected chi connectivity index (χ4v) is 1.21. The molecule has 59 valence electrons. The van der Waals surface area contributed by atoms with Crippen molar-refractivity contribution < 1.29 is 5.11 Å². The lowest BCUT2D eigenvalue weighted by molar-refractivity contribution is 0.0860. The molecular weight excluding hydrogens is 128 g/mol. The number of hydrogen-bond donors (Lipinski definition) is 1. The molecule has 0 bridgehead atoms. The summed E-state index contributed by atoms with van der Waals surface area (Å²) in [5, 5.41) is 13.1. The normalized spacial score (nSPS) is 36.3. The molecule has 3 heteroatoms. The van der Waals surface area contributed by atoms with Crippen LogP contribution in [0.15, 0.2) is 0 Å². The third-order valence-corrected chi connectivity index (χ3v) is 2.22. The summed E-state index contributed by atoms with van der Waals surface area (Å²) in [4.78, 5) is 2.19. The van der Waals surface area contributed by atoms with E-state index in [-0.39, 0.29) is 12.6 Å². The average Bonchev–Trinajstić information content (AvgIpc) is 1.95. The highest BCUT2D eigenvalue weighted by Crippen LogP contribution is 2.06. The van der Waals surface area contributed by atoms with Crippen LogP contribution in [0.2, 0.25) is 0 Å². The van der Waals surface area contributed by atoms with Gasteiger partial charge in [0.25, 0.3) is 0 Å². The van der Waals surface area contributed by atoms with Crippen LogP contribution in [0.4, 0.5) is 0 Å². The first kappa shape index (κ1) is 7.98. The molecule has 2 atom stereocenters. The molecule has 1 fully saturated rings. The summed E-state index contributed by atoms with van der Waals surface area (Å²) in [5.74, 6) is 0. The SMILES string of the molecule is CC1C[N]CC(CO)N1C. The molecule has 1 aliphatic heterocycles. The predicted molar refractivity (Wildman–Crippen MR) is 40.0 cm³/mol. The van der Waals surface area contributed by atoms with E-state index in [1.54, 1.807) is 0 Å². The number of rotatable bonds is 1. The van der Waals surface area contributed by atoms with Crippen LogP contribution in [0.1, 0.15) is 6.92 Å². The Morgan fingerprint density at radius 1 is 1.60 bits per heavy atom. The first-order valence-electron chi connectivity index (χ1n) is 3.71. The number of nitrogens with zero attached hydrogens (tertiary/aromatic N) is 2. The van der Waals surface area contributed by atoms with Crippen LogP contribution >= 0.6 is 0 Å². The maximum Gasteiger partial charge on any atom is 0.0599 e. The molecule has 1 saturated heterocycles. The Labute approximate surface area is 62.0 Å². The van der Waals surface area contributed by atoms with E-state index in [4.69, 9.17) is 5.11 Å². The van der Waals surface area contributed by atoms with Gasteiger partial charge in [-0.2, -0.15) is 0 Å². The van der Waals surface area contributed by atoms with Crippen molar-refractivity contribution in [1.82, 2.24) is 10.2 Å². The van der Waals surface area contributed by atoms with Crippen molar-refractivity contribution in [1.29, 1.82) is 0 Å². The smallest absolute Gasteiger partial charge is 0.0599 e. The van der Waals surface area contributed by atoms with E-state index in [2.05, 4.69) is 17.1 Å². The first-order chi connectivity index (χ1) is 4.75. The second-order valence-corrected chi connectivity index (χ2v) is 2.94. The standard InChI is InChI=1S/C7H15N2O/c1-6-3-8-4-7(5-10)9(6)2/h6-7,10H,3-5H2,1-2H3. The summed E-state index contributed by atoms with van der Waals surface area (Å²) >= 11 is 0. The average molecular weight is 143 g/mol. The third kappa shape index (κ3) is 1.48. The minimum absolute atomic E-state index is 0.227. The van der Waals surface area contributed by atoms with Crippen molar-refractivity contribution in [3.05, 3.63) is 0 Å². The maximum atomic E-state index is 8.88. The Bertz CT molecular complexity index is 108. The fourth-order valence-electron chi connectivity index (χ4n) is 1.21. The summed E-state index contributed by atoms with van der Waals surface area (Å²) in [6, 6.07) is 0.745. The van der Waals surface area contributed by atoms with Gasteiger partial charge in [0.1, 0.15) is 0 Å². The van der Waals surface area contributed by atoms with Gasteiger partial charge < -0.3 is 5.11 Å². The zero-order valence-corrected chi connectivity index (χ0v) is 6.62. The molecule has 0 aromatic heterocycles. The van der Waals surface area contributed by atoms with E-state index in [0.29, 0.717) is 6.04 Å².